The van der Waals surface area contributed by atoms with Crippen molar-refractivity contribution in [1.29, 1.82) is 0 Å². The molecule has 1 atom stereocenters. The number of rotatable bonds is 3. The van der Waals surface area contributed by atoms with Gasteiger partial charge in [0.05, 0.1) is 18.4 Å². The molecule has 1 amide bonds. The third-order valence-corrected chi connectivity index (χ3v) is 3.45. The van der Waals surface area contributed by atoms with E-state index in [2.05, 4.69) is 0 Å². The van der Waals surface area contributed by atoms with E-state index in [1.165, 1.54) is 7.11 Å². The highest BCUT2D eigenvalue weighted by Gasteiger charge is 2.32. The van der Waals surface area contributed by atoms with Crippen molar-refractivity contribution in [2.24, 2.45) is 11.7 Å². The first-order chi connectivity index (χ1) is 9.08. The summed E-state index contributed by atoms with van der Waals surface area (Å²) in [7, 11) is 1.34. The van der Waals surface area contributed by atoms with Gasteiger partial charge in [-0.3, -0.25) is 4.79 Å². The van der Waals surface area contributed by atoms with Crippen LogP contribution in [0.1, 0.15) is 22.3 Å². The summed E-state index contributed by atoms with van der Waals surface area (Å²) < 4.78 is 4.78. The standard InChI is InChI=1S/C14H18N2O3/c1-9-4-3-5-11(14(18)19-2)13(9)16-8-10(7-15)6-12(16)17/h3-5,10H,6-8,15H2,1-2H3. The van der Waals surface area contributed by atoms with Gasteiger partial charge in [0.15, 0.2) is 0 Å². The molecule has 1 heterocycles. The van der Waals surface area contributed by atoms with Gasteiger partial charge in [-0.1, -0.05) is 12.1 Å². The molecular weight excluding hydrogens is 244 g/mol. The Morgan fingerprint density at radius 1 is 1.53 bits per heavy atom. The van der Waals surface area contributed by atoms with Crippen LogP contribution >= 0.6 is 0 Å². The average Bonchev–Trinajstić information content (AvgIpc) is 2.78. The smallest absolute Gasteiger partial charge is 0.339 e. The lowest BCUT2D eigenvalue weighted by Gasteiger charge is -2.21. The first-order valence-corrected chi connectivity index (χ1v) is 6.26. The van der Waals surface area contributed by atoms with Crippen LogP contribution in [0, 0.1) is 12.8 Å². The van der Waals surface area contributed by atoms with E-state index in [1.807, 2.05) is 13.0 Å². The largest absolute Gasteiger partial charge is 0.465 e. The van der Waals surface area contributed by atoms with Crippen LogP contribution in [0.3, 0.4) is 0 Å². The molecule has 1 aromatic carbocycles. The first kappa shape index (κ1) is 13.5. The maximum absolute atomic E-state index is 12.1. The van der Waals surface area contributed by atoms with E-state index in [1.54, 1.807) is 17.0 Å². The van der Waals surface area contributed by atoms with E-state index in [4.69, 9.17) is 10.5 Å². The SMILES string of the molecule is COC(=O)c1cccc(C)c1N1CC(CN)CC1=O. The molecule has 0 bridgehead atoms. The summed E-state index contributed by atoms with van der Waals surface area (Å²) >= 11 is 0. The number of ether oxygens (including phenoxy) is 1. The zero-order valence-corrected chi connectivity index (χ0v) is 11.2. The van der Waals surface area contributed by atoms with Crippen molar-refractivity contribution in [2.75, 3.05) is 25.1 Å². The Bertz CT molecular complexity index is 513. The molecular formula is C14H18N2O3. The van der Waals surface area contributed by atoms with Gasteiger partial charge in [-0.25, -0.2) is 4.79 Å². The fourth-order valence-electron chi connectivity index (χ4n) is 2.45. The molecule has 5 nitrogen and oxygen atoms in total. The Labute approximate surface area is 112 Å². The van der Waals surface area contributed by atoms with Crippen molar-refractivity contribution in [2.45, 2.75) is 13.3 Å². The maximum Gasteiger partial charge on any atom is 0.339 e. The molecule has 1 saturated heterocycles. The molecule has 0 spiro atoms. The zero-order valence-electron chi connectivity index (χ0n) is 11.2. The van der Waals surface area contributed by atoms with Gasteiger partial charge in [-0.15, -0.1) is 0 Å². The second kappa shape index (κ2) is 5.40. The molecule has 0 radical (unpaired) electrons. The Morgan fingerprint density at radius 2 is 2.26 bits per heavy atom. The molecule has 19 heavy (non-hydrogen) atoms. The second-order valence-electron chi connectivity index (χ2n) is 4.77. The molecule has 0 saturated carbocycles. The van der Waals surface area contributed by atoms with Gasteiger partial charge in [-0.2, -0.15) is 0 Å². The maximum atomic E-state index is 12.1. The molecule has 1 aromatic rings. The lowest BCUT2D eigenvalue weighted by molar-refractivity contribution is -0.117. The van der Waals surface area contributed by atoms with Gasteiger partial charge in [0.2, 0.25) is 5.91 Å². The number of anilines is 1. The molecule has 1 aliphatic rings. The van der Waals surface area contributed by atoms with E-state index in [-0.39, 0.29) is 11.8 Å². The van der Waals surface area contributed by atoms with Crippen LogP contribution in [0.15, 0.2) is 18.2 Å². The molecule has 1 aliphatic heterocycles. The van der Waals surface area contributed by atoms with E-state index < -0.39 is 5.97 Å². The number of benzene rings is 1. The predicted octanol–water partition coefficient (Wildman–Crippen LogP) is 1.09. The molecule has 5 heteroatoms. The summed E-state index contributed by atoms with van der Waals surface area (Å²) in [6.07, 6.45) is 0.436. The Hall–Kier alpha value is -1.88. The number of amides is 1. The summed E-state index contributed by atoms with van der Waals surface area (Å²) in [6.45, 7) is 2.91. The van der Waals surface area contributed by atoms with Crippen LogP contribution in [0.4, 0.5) is 5.69 Å². The topological polar surface area (TPSA) is 72.6 Å². The van der Waals surface area contributed by atoms with Crippen molar-refractivity contribution >= 4 is 17.6 Å². The van der Waals surface area contributed by atoms with E-state index in [0.29, 0.717) is 30.8 Å². The Kier molecular flexibility index (Phi) is 3.85. The number of nitrogens with zero attached hydrogens (tertiary/aromatic N) is 1. The number of aryl methyl sites for hydroxylation is 1. The quantitative estimate of drug-likeness (QED) is 0.828. The minimum atomic E-state index is -0.428. The van der Waals surface area contributed by atoms with Crippen LogP contribution in [0.2, 0.25) is 0 Å². The highest BCUT2D eigenvalue weighted by atomic mass is 16.5. The van der Waals surface area contributed by atoms with Crippen LogP contribution in [-0.4, -0.2) is 32.1 Å². The van der Waals surface area contributed by atoms with E-state index >= 15 is 0 Å². The van der Waals surface area contributed by atoms with Gasteiger partial charge in [0, 0.05) is 13.0 Å². The number of para-hydroxylation sites is 1. The number of esters is 1. The monoisotopic (exact) mass is 262 g/mol. The fraction of sp³-hybridized carbons (Fsp3) is 0.429. The molecule has 102 valence electrons. The predicted molar refractivity (Wildman–Crippen MR) is 72.0 cm³/mol. The van der Waals surface area contributed by atoms with Crippen molar-refractivity contribution in [1.82, 2.24) is 0 Å². The lowest BCUT2D eigenvalue weighted by atomic mass is 10.1. The van der Waals surface area contributed by atoms with E-state index in [0.717, 1.165) is 5.56 Å². The minimum absolute atomic E-state index is 0.00917. The van der Waals surface area contributed by atoms with Gasteiger partial charge < -0.3 is 15.4 Å². The van der Waals surface area contributed by atoms with Crippen molar-refractivity contribution in [3.05, 3.63) is 29.3 Å². The summed E-state index contributed by atoms with van der Waals surface area (Å²) in [4.78, 5) is 25.5. The summed E-state index contributed by atoms with van der Waals surface area (Å²) in [6, 6.07) is 5.34. The Balaban J connectivity index is 2.44. The van der Waals surface area contributed by atoms with Crippen molar-refractivity contribution < 1.29 is 14.3 Å². The minimum Gasteiger partial charge on any atom is -0.465 e. The van der Waals surface area contributed by atoms with Gasteiger partial charge in [-0.05, 0) is 31.0 Å². The normalized spacial score (nSPS) is 18.8. The highest BCUT2D eigenvalue weighted by molar-refractivity contribution is 6.04. The van der Waals surface area contributed by atoms with Gasteiger partial charge in [0.1, 0.15) is 0 Å². The van der Waals surface area contributed by atoms with Crippen molar-refractivity contribution in [3.63, 3.8) is 0 Å². The number of carbonyl (C=O) groups excluding carboxylic acids is 2. The number of hydrogen-bond acceptors (Lipinski definition) is 4. The third-order valence-electron chi connectivity index (χ3n) is 3.45. The summed E-state index contributed by atoms with van der Waals surface area (Å²) in [5, 5.41) is 0. The van der Waals surface area contributed by atoms with E-state index in [9.17, 15) is 9.59 Å². The Morgan fingerprint density at radius 3 is 2.84 bits per heavy atom. The van der Waals surface area contributed by atoms with Gasteiger partial charge >= 0.3 is 5.97 Å². The van der Waals surface area contributed by atoms with Crippen LogP contribution in [-0.2, 0) is 9.53 Å². The molecule has 2 N–H and O–H groups in total. The third kappa shape index (κ3) is 2.46. The average molecular weight is 262 g/mol. The second-order valence-corrected chi connectivity index (χ2v) is 4.77. The number of carbonyl (C=O) groups is 2. The zero-order chi connectivity index (χ0) is 14.0. The molecule has 1 unspecified atom stereocenters. The lowest BCUT2D eigenvalue weighted by Crippen LogP contribution is -2.28. The number of hydrogen-bond donors (Lipinski definition) is 1. The molecule has 2 rings (SSSR count). The molecule has 1 fully saturated rings. The highest BCUT2D eigenvalue weighted by Crippen LogP contribution is 2.31. The number of methoxy groups -OCH3 is 1. The summed E-state index contributed by atoms with van der Waals surface area (Å²) in [5.74, 6) is -0.268. The summed E-state index contributed by atoms with van der Waals surface area (Å²) in [5.41, 5.74) is 7.58. The van der Waals surface area contributed by atoms with Crippen LogP contribution < -0.4 is 10.6 Å². The first-order valence-electron chi connectivity index (χ1n) is 6.26. The fourth-order valence-corrected chi connectivity index (χ4v) is 2.45. The molecule has 0 aromatic heterocycles. The van der Waals surface area contributed by atoms with Gasteiger partial charge in [0.25, 0.3) is 0 Å². The van der Waals surface area contributed by atoms with Crippen LogP contribution in [0.5, 0.6) is 0 Å². The van der Waals surface area contributed by atoms with Crippen molar-refractivity contribution in [3.8, 4) is 0 Å². The van der Waals surface area contributed by atoms with Crippen LogP contribution in [0.25, 0.3) is 0 Å². The number of nitrogens with two attached hydrogens (primary N) is 1. The molecule has 0 aliphatic carbocycles.